The fourth-order valence-corrected chi connectivity index (χ4v) is 2.68. The van der Waals surface area contributed by atoms with Crippen LogP contribution < -0.4 is 5.32 Å². The quantitative estimate of drug-likeness (QED) is 0.827. The Hall–Kier alpha value is -1.12. The maximum Gasteiger partial charge on any atom is 0.0207 e. The van der Waals surface area contributed by atoms with Crippen LogP contribution in [0.4, 0.5) is 0 Å². The summed E-state index contributed by atoms with van der Waals surface area (Å²) in [5, 5.41) is 3.57. The van der Waals surface area contributed by atoms with Crippen LogP contribution in [0, 0.1) is 6.92 Å². The molecule has 0 bridgehead atoms. The first-order valence-corrected chi connectivity index (χ1v) is 7.79. The summed E-state index contributed by atoms with van der Waals surface area (Å²) in [7, 11) is 0. The number of nitrogens with one attached hydrogen (secondary N) is 1. The zero-order valence-corrected chi connectivity index (χ0v) is 14.0. The minimum atomic E-state index is 0.142. The van der Waals surface area contributed by atoms with Crippen LogP contribution in [0.15, 0.2) is 53.0 Å². The molecule has 0 unspecified atom stereocenters. The molecule has 2 rings (SSSR count). The second-order valence-electron chi connectivity index (χ2n) is 5.94. The van der Waals surface area contributed by atoms with E-state index in [-0.39, 0.29) is 5.41 Å². The number of rotatable bonds is 5. The molecular formula is C18H22BrN. The summed E-state index contributed by atoms with van der Waals surface area (Å²) in [5.41, 5.74) is 4.10. The van der Waals surface area contributed by atoms with E-state index in [1.54, 1.807) is 0 Å². The van der Waals surface area contributed by atoms with Gasteiger partial charge in [0.2, 0.25) is 0 Å². The highest BCUT2D eigenvalue weighted by molar-refractivity contribution is 9.10. The molecule has 2 aromatic carbocycles. The van der Waals surface area contributed by atoms with Crippen molar-refractivity contribution in [3.05, 3.63) is 69.7 Å². The Labute approximate surface area is 130 Å². The molecule has 0 fully saturated rings. The van der Waals surface area contributed by atoms with Crippen molar-refractivity contribution in [1.29, 1.82) is 0 Å². The third-order valence-corrected chi connectivity index (χ3v) is 4.54. The van der Waals surface area contributed by atoms with E-state index in [4.69, 9.17) is 0 Å². The van der Waals surface area contributed by atoms with Crippen molar-refractivity contribution < 1.29 is 0 Å². The molecule has 0 spiro atoms. The molecule has 0 amide bonds. The largest absolute Gasteiger partial charge is 0.312 e. The summed E-state index contributed by atoms with van der Waals surface area (Å²) in [5.74, 6) is 0. The van der Waals surface area contributed by atoms with Gasteiger partial charge in [-0.2, -0.15) is 0 Å². The van der Waals surface area contributed by atoms with E-state index < -0.39 is 0 Å². The second kappa shape index (κ2) is 6.55. The first kappa shape index (κ1) is 15.3. The molecule has 20 heavy (non-hydrogen) atoms. The monoisotopic (exact) mass is 331 g/mol. The van der Waals surface area contributed by atoms with Gasteiger partial charge in [-0.05, 0) is 29.7 Å². The van der Waals surface area contributed by atoms with Crippen molar-refractivity contribution in [2.24, 2.45) is 0 Å². The zero-order valence-electron chi connectivity index (χ0n) is 12.4. The SMILES string of the molecule is Cc1ccc(CNCC(C)(C)c2ccccc2)cc1Br. The lowest BCUT2D eigenvalue weighted by Gasteiger charge is -2.26. The van der Waals surface area contributed by atoms with Crippen LogP contribution in [0.2, 0.25) is 0 Å². The molecule has 106 valence electrons. The minimum absolute atomic E-state index is 0.142. The van der Waals surface area contributed by atoms with Crippen molar-refractivity contribution in [2.75, 3.05) is 6.54 Å². The van der Waals surface area contributed by atoms with Crippen molar-refractivity contribution in [2.45, 2.75) is 32.7 Å². The smallest absolute Gasteiger partial charge is 0.0207 e. The molecule has 1 nitrogen and oxygen atoms in total. The van der Waals surface area contributed by atoms with Gasteiger partial charge in [-0.25, -0.2) is 0 Å². The molecule has 0 atom stereocenters. The molecule has 0 aliphatic rings. The van der Waals surface area contributed by atoms with Crippen molar-refractivity contribution >= 4 is 15.9 Å². The number of aryl methyl sites for hydroxylation is 1. The van der Waals surface area contributed by atoms with Crippen LogP contribution >= 0.6 is 15.9 Å². The van der Waals surface area contributed by atoms with Crippen LogP contribution in [-0.2, 0) is 12.0 Å². The molecule has 0 saturated carbocycles. The topological polar surface area (TPSA) is 12.0 Å². The van der Waals surface area contributed by atoms with Gasteiger partial charge in [-0.3, -0.25) is 0 Å². The Morgan fingerprint density at radius 3 is 2.40 bits per heavy atom. The van der Waals surface area contributed by atoms with Crippen LogP contribution in [0.25, 0.3) is 0 Å². The normalized spacial score (nSPS) is 11.6. The lowest BCUT2D eigenvalue weighted by Crippen LogP contribution is -2.32. The molecule has 0 aliphatic heterocycles. The molecule has 0 aromatic heterocycles. The summed E-state index contributed by atoms with van der Waals surface area (Å²) in [4.78, 5) is 0. The molecule has 2 heteroatoms. The lowest BCUT2D eigenvalue weighted by atomic mass is 9.84. The summed E-state index contributed by atoms with van der Waals surface area (Å²) in [6.07, 6.45) is 0. The summed E-state index contributed by atoms with van der Waals surface area (Å²) in [6.45, 7) is 8.53. The molecule has 0 saturated heterocycles. The van der Waals surface area contributed by atoms with Crippen molar-refractivity contribution in [3.8, 4) is 0 Å². The molecule has 0 radical (unpaired) electrons. The van der Waals surface area contributed by atoms with Crippen LogP contribution in [0.3, 0.4) is 0 Å². The Balaban J connectivity index is 1.93. The second-order valence-corrected chi connectivity index (χ2v) is 6.79. The number of halogens is 1. The fourth-order valence-electron chi connectivity index (χ4n) is 2.26. The summed E-state index contributed by atoms with van der Waals surface area (Å²) in [6, 6.07) is 17.2. The zero-order chi connectivity index (χ0) is 14.6. The van der Waals surface area contributed by atoms with E-state index in [1.807, 2.05) is 0 Å². The van der Waals surface area contributed by atoms with E-state index in [0.29, 0.717) is 0 Å². The maximum absolute atomic E-state index is 3.59. The van der Waals surface area contributed by atoms with E-state index in [2.05, 4.69) is 90.5 Å². The van der Waals surface area contributed by atoms with Gasteiger partial charge in [-0.1, -0.05) is 72.2 Å². The van der Waals surface area contributed by atoms with Crippen molar-refractivity contribution in [3.63, 3.8) is 0 Å². The number of hydrogen-bond donors (Lipinski definition) is 1. The first-order chi connectivity index (χ1) is 9.49. The molecule has 1 N–H and O–H groups in total. The van der Waals surface area contributed by atoms with Gasteiger partial charge in [0.1, 0.15) is 0 Å². The molecular weight excluding hydrogens is 310 g/mol. The van der Waals surface area contributed by atoms with Crippen LogP contribution in [0.5, 0.6) is 0 Å². The highest BCUT2D eigenvalue weighted by Gasteiger charge is 2.19. The standard InChI is InChI=1S/C18H22BrN/c1-14-9-10-15(11-17(14)19)12-20-13-18(2,3)16-7-5-4-6-8-16/h4-11,20H,12-13H2,1-3H3. The Bertz CT molecular complexity index is 561. The fraction of sp³-hybridized carbons (Fsp3) is 0.333. The van der Waals surface area contributed by atoms with Gasteiger partial charge in [0.05, 0.1) is 0 Å². The van der Waals surface area contributed by atoms with E-state index >= 15 is 0 Å². The Morgan fingerprint density at radius 2 is 1.75 bits per heavy atom. The van der Waals surface area contributed by atoms with Crippen molar-refractivity contribution in [1.82, 2.24) is 5.32 Å². The summed E-state index contributed by atoms with van der Waals surface area (Å²) >= 11 is 3.59. The molecule has 0 aliphatic carbocycles. The Morgan fingerprint density at radius 1 is 1.05 bits per heavy atom. The highest BCUT2D eigenvalue weighted by Crippen LogP contribution is 2.22. The van der Waals surface area contributed by atoms with Crippen LogP contribution in [0.1, 0.15) is 30.5 Å². The maximum atomic E-state index is 3.59. The van der Waals surface area contributed by atoms with E-state index in [9.17, 15) is 0 Å². The third-order valence-electron chi connectivity index (χ3n) is 3.69. The average molecular weight is 332 g/mol. The Kier molecular flexibility index (Phi) is 5.00. The minimum Gasteiger partial charge on any atom is -0.312 e. The van der Waals surface area contributed by atoms with Gasteiger partial charge >= 0.3 is 0 Å². The van der Waals surface area contributed by atoms with Gasteiger partial charge in [0, 0.05) is 23.0 Å². The van der Waals surface area contributed by atoms with E-state index in [0.717, 1.165) is 13.1 Å². The predicted molar refractivity (Wildman–Crippen MR) is 90.1 cm³/mol. The van der Waals surface area contributed by atoms with Gasteiger partial charge in [0.15, 0.2) is 0 Å². The van der Waals surface area contributed by atoms with E-state index in [1.165, 1.54) is 21.2 Å². The first-order valence-electron chi connectivity index (χ1n) is 7.00. The van der Waals surface area contributed by atoms with Gasteiger partial charge < -0.3 is 5.32 Å². The lowest BCUT2D eigenvalue weighted by molar-refractivity contribution is 0.469. The average Bonchev–Trinajstić information content (AvgIpc) is 2.44. The highest BCUT2D eigenvalue weighted by atomic mass is 79.9. The predicted octanol–water partition coefficient (Wildman–Crippen LogP) is 4.82. The van der Waals surface area contributed by atoms with Gasteiger partial charge in [-0.15, -0.1) is 0 Å². The number of hydrogen-bond acceptors (Lipinski definition) is 1. The summed E-state index contributed by atoms with van der Waals surface area (Å²) < 4.78 is 1.18. The molecule has 0 heterocycles. The van der Waals surface area contributed by atoms with Gasteiger partial charge in [0.25, 0.3) is 0 Å². The third kappa shape index (κ3) is 3.94. The molecule has 2 aromatic rings. The van der Waals surface area contributed by atoms with Crippen LogP contribution in [-0.4, -0.2) is 6.54 Å². The number of benzene rings is 2.